The van der Waals surface area contributed by atoms with Gasteiger partial charge in [-0.15, -0.1) is 0 Å². The van der Waals surface area contributed by atoms with Crippen molar-refractivity contribution in [3.63, 3.8) is 0 Å². The molecule has 19 heavy (non-hydrogen) atoms. The molecule has 2 aromatic rings. The summed E-state index contributed by atoms with van der Waals surface area (Å²) in [6, 6.07) is 11.0. The summed E-state index contributed by atoms with van der Waals surface area (Å²) in [5.41, 5.74) is 7.03. The summed E-state index contributed by atoms with van der Waals surface area (Å²) in [5, 5.41) is 2.83. The minimum atomic E-state index is -0.529. The first kappa shape index (κ1) is 13.4. The minimum Gasteiger partial charge on any atom is -0.398 e. The number of rotatable bonds is 3. The third-order valence-corrected chi connectivity index (χ3v) is 2.84. The molecule has 0 atom stereocenters. The highest BCUT2D eigenvalue weighted by atomic mass is 35.5. The molecule has 0 radical (unpaired) electrons. The summed E-state index contributed by atoms with van der Waals surface area (Å²) < 4.78 is 13.4. The number of hydrogen-bond acceptors (Lipinski definition) is 2. The van der Waals surface area contributed by atoms with E-state index in [1.165, 1.54) is 18.2 Å². The first-order valence-corrected chi connectivity index (χ1v) is 6.02. The molecular formula is C14H12ClFN2O. The summed E-state index contributed by atoms with van der Waals surface area (Å²) >= 11 is 5.75. The number of benzene rings is 2. The molecule has 0 aromatic heterocycles. The maximum atomic E-state index is 13.4. The Morgan fingerprint density at radius 1 is 1.26 bits per heavy atom. The van der Waals surface area contributed by atoms with Crippen LogP contribution < -0.4 is 11.1 Å². The maximum absolute atomic E-state index is 13.4. The molecule has 0 saturated heterocycles. The largest absolute Gasteiger partial charge is 0.398 e. The van der Waals surface area contributed by atoms with E-state index in [-0.39, 0.29) is 18.0 Å². The number of anilines is 2. The predicted molar refractivity (Wildman–Crippen MR) is 74.6 cm³/mol. The van der Waals surface area contributed by atoms with Gasteiger partial charge in [0.25, 0.3) is 0 Å². The first-order chi connectivity index (χ1) is 9.06. The lowest BCUT2D eigenvalue weighted by atomic mass is 10.1. The summed E-state index contributed by atoms with van der Waals surface area (Å²) in [7, 11) is 0. The van der Waals surface area contributed by atoms with Gasteiger partial charge in [-0.05, 0) is 29.8 Å². The van der Waals surface area contributed by atoms with Crippen molar-refractivity contribution in [2.45, 2.75) is 6.42 Å². The fraction of sp³-hybridized carbons (Fsp3) is 0.0714. The number of amides is 1. The normalized spacial score (nSPS) is 10.2. The lowest BCUT2D eigenvalue weighted by Crippen LogP contribution is -2.16. The van der Waals surface area contributed by atoms with Crippen molar-refractivity contribution in [2.75, 3.05) is 11.1 Å². The molecule has 0 fully saturated rings. The quantitative estimate of drug-likeness (QED) is 0.847. The van der Waals surface area contributed by atoms with E-state index in [9.17, 15) is 9.18 Å². The third-order valence-electron chi connectivity index (χ3n) is 2.61. The topological polar surface area (TPSA) is 55.1 Å². The monoisotopic (exact) mass is 278 g/mol. The van der Waals surface area contributed by atoms with Crippen LogP contribution in [0.3, 0.4) is 0 Å². The molecule has 0 saturated carbocycles. The second kappa shape index (κ2) is 5.71. The lowest BCUT2D eigenvalue weighted by Gasteiger charge is -2.08. The van der Waals surface area contributed by atoms with Gasteiger partial charge < -0.3 is 11.1 Å². The van der Waals surface area contributed by atoms with Crippen LogP contribution in [0, 0.1) is 5.82 Å². The number of carbonyl (C=O) groups is 1. The Labute approximate surface area is 115 Å². The first-order valence-electron chi connectivity index (χ1n) is 5.64. The zero-order valence-electron chi connectivity index (χ0n) is 9.99. The number of para-hydroxylation sites is 1. The standard InChI is InChI=1S/C14H12ClFN2O/c15-10-5-6-11(16)13(8-10)18-14(19)7-9-3-1-2-4-12(9)17/h1-6,8H,7,17H2,(H,18,19). The number of nitrogens with one attached hydrogen (secondary N) is 1. The van der Waals surface area contributed by atoms with Crippen LogP contribution in [0.2, 0.25) is 5.02 Å². The average molecular weight is 279 g/mol. The molecule has 5 heteroatoms. The number of nitrogens with two attached hydrogens (primary N) is 1. The smallest absolute Gasteiger partial charge is 0.228 e. The maximum Gasteiger partial charge on any atom is 0.228 e. The molecule has 0 spiro atoms. The van der Waals surface area contributed by atoms with E-state index in [4.69, 9.17) is 17.3 Å². The Bertz CT molecular complexity index is 616. The number of halogens is 2. The molecule has 3 nitrogen and oxygen atoms in total. The third kappa shape index (κ3) is 3.45. The van der Waals surface area contributed by atoms with E-state index in [0.29, 0.717) is 16.3 Å². The summed E-state index contributed by atoms with van der Waals surface area (Å²) in [6.45, 7) is 0. The van der Waals surface area contributed by atoms with Gasteiger partial charge >= 0.3 is 0 Å². The molecule has 0 aliphatic carbocycles. The van der Waals surface area contributed by atoms with Crippen molar-refractivity contribution in [3.05, 3.63) is 58.9 Å². The highest BCUT2D eigenvalue weighted by Crippen LogP contribution is 2.20. The second-order valence-electron chi connectivity index (χ2n) is 4.05. The summed E-state index contributed by atoms with van der Waals surface area (Å²) in [6.07, 6.45) is 0.0820. The molecule has 2 aromatic carbocycles. The highest BCUT2D eigenvalue weighted by molar-refractivity contribution is 6.30. The Kier molecular flexibility index (Phi) is 4.02. The van der Waals surface area contributed by atoms with Crippen LogP contribution in [0.1, 0.15) is 5.56 Å². The van der Waals surface area contributed by atoms with Crippen molar-refractivity contribution in [1.29, 1.82) is 0 Å². The fourth-order valence-corrected chi connectivity index (χ4v) is 1.83. The van der Waals surface area contributed by atoms with Gasteiger partial charge in [0.2, 0.25) is 5.91 Å². The van der Waals surface area contributed by atoms with Gasteiger partial charge in [-0.25, -0.2) is 4.39 Å². The van der Waals surface area contributed by atoms with Crippen LogP contribution in [0.15, 0.2) is 42.5 Å². The van der Waals surface area contributed by atoms with Crippen LogP contribution in [0.5, 0.6) is 0 Å². The van der Waals surface area contributed by atoms with Gasteiger partial charge in [0.05, 0.1) is 12.1 Å². The fourth-order valence-electron chi connectivity index (χ4n) is 1.66. The molecule has 0 bridgehead atoms. The molecular weight excluding hydrogens is 267 g/mol. The summed E-state index contributed by atoms with van der Waals surface area (Å²) in [5.74, 6) is -0.877. The van der Waals surface area contributed by atoms with E-state index >= 15 is 0 Å². The zero-order chi connectivity index (χ0) is 13.8. The molecule has 1 amide bonds. The molecule has 0 heterocycles. The molecule has 2 rings (SSSR count). The van der Waals surface area contributed by atoms with E-state index in [0.717, 1.165) is 0 Å². The van der Waals surface area contributed by atoms with Crippen LogP contribution >= 0.6 is 11.6 Å². The molecule has 98 valence electrons. The Balaban J connectivity index is 2.10. The van der Waals surface area contributed by atoms with Crippen molar-refractivity contribution >= 4 is 28.9 Å². The van der Waals surface area contributed by atoms with E-state index in [1.54, 1.807) is 24.3 Å². The average Bonchev–Trinajstić information content (AvgIpc) is 2.37. The summed E-state index contributed by atoms with van der Waals surface area (Å²) in [4.78, 5) is 11.8. The van der Waals surface area contributed by atoms with Crippen molar-refractivity contribution in [2.24, 2.45) is 0 Å². The molecule has 0 unspecified atom stereocenters. The van der Waals surface area contributed by atoms with Gasteiger partial charge in [-0.3, -0.25) is 4.79 Å². The van der Waals surface area contributed by atoms with Gasteiger partial charge in [0.15, 0.2) is 0 Å². The SMILES string of the molecule is Nc1ccccc1CC(=O)Nc1cc(Cl)ccc1F. The zero-order valence-corrected chi connectivity index (χ0v) is 10.7. The molecule has 3 N–H and O–H groups in total. The van der Waals surface area contributed by atoms with Gasteiger partial charge in [-0.1, -0.05) is 29.8 Å². The van der Waals surface area contributed by atoms with Gasteiger partial charge in [-0.2, -0.15) is 0 Å². The van der Waals surface area contributed by atoms with Crippen molar-refractivity contribution in [1.82, 2.24) is 0 Å². The van der Waals surface area contributed by atoms with Gasteiger partial charge in [0.1, 0.15) is 5.82 Å². The van der Waals surface area contributed by atoms with Crippen LogP contribution in [-0.4, -0.2) is 5.91 Å². The predicted octanol–water partition coefficient (Wildman–Crippen LogP) is 3.24. The van der Waals surface area contributed by atoms with Gasteiger partial charge in [0, 0.05) is 10.7 Å². The highest BCUT2D eigenvalue weighted by Gasteiger charge is 2.09. The number of hydrogen-bond donors (Lipinski definition) is 2. The molecule has 0 aliphatic rings. The second-order valence-corrected chi connectivity index (χ2v) is 4.48. The van der Waals surface area contributed by atoms with Crippen molar-refractivity contribution < 1.29 is 9.18 Å². The Morgan fingerprint density at radius 2 is 2.00 bits per heavy atom. The minimum absolute atomic E-state index is 0.0620. The van der Waals surface area contributed by atoms with E-state index in [1.807, 2.05) is 0 Å². The number of nitrogen functional groups attached to an aromatic ring is 1. The van der Waals surface area contributed by atoms with E-state index in [2.05, 4.69) is 5.32 Å². The Morgan fingerprint density at radius 3 is 2.74 bits per heavy atom. The van der Waals surface area contributed by atoms with Crippen LogP contribution in [0.25, 0.3) is 0 Å². The van der Waals surface area contributed by atoms with Crippen LogP contribution in [-0.2, 0) is 11.2 Å². The van der Waals surface area contributed by atoms with Crippen molar-refractivity contribution in [3.8, 4) is 0 Å². The van der Waals surface area contributed by atoms with Crippen LogP contribution in [0.4, 0.5) is 15.8 Å². The lowest BCUT2D eigenvalue weighted by molar-refractivity contribution is -0.115. The number of carbonyl (C=O) groups excluding carboxylic acids is 1. The van der Waals surface area contributed by atoms with E-state index < -0.39 is 5.82 Å². The Hall–Kier alpha value is -2.07. The molecule has 0 aliphatic heterocycles.